The van der Waals surface area contributed by atoms with Crippen LogP contribution < -0.4 is 10.6 Å². The summed E-state index contributed by atoms with van der Waals surface area (Å²) in [6.45, 7) is 6.90. The molecule has 0 aliphatic rings. The molecule has 4 nitrogen and oxygen atoms in total. The summed E-state index contributed by atoms with van der Waals surface area (Å²) < 4.78 is 0. The highest BCUT2D eigenvalue weighted by Crippen LogP contribution is 2.14. The Morgan fingerprint density at radius 2 is 0.667 bits per heavy atom. The molecule has 0 atom stereocenters. The Kier molecular flexibility index (Phi) is 31.9. The predicted molar refractivity (Wildman–Crippen MR) is 159 cm³/mol. The van der Waals surface area contributed by atoms with Gasteiger partial charge in [0, 0.05) is 6.42 Å². The first kappa shape index (κ1) is 35.4. The molecule has 0 spiro atoms. The van der Waals surface area contributed by atoms with Crippen LogP contribution in [0.2, 0.25) is 0 Å². The lowest BCUT2D eigenvalue weighted by Gasteiger charge is -2.06. The summed E-state index contributed by atoms with van der Waals surface area (Å²) in [6, 6.07) is 0. The molecule has 0 aliphatic heterocycles. The minimum atomic E-state index is -0.670. The standard InChI is InChI=1S/C32H66N2O2/c1-2-3-4-18-23-28-33-29-24-19-16-14-12-10-8-6-5-7-9-11-13-15-17-20-25-30-34-31-26-21-22-27-32(35)36/h33-34H,2-31H2,1H3,(H,35,36). The number of aliphatic carboxylic acids is 1. The summed E-state index contributed by atoms with van der Waals surface area (Å²) in [5.74, 6) is -0.670. The van der Waals surface area contributed by atoms with Gasteiger partial charge in [0.25, 0.3) is 0 Å². The summed E-state index contributed by atoms with van der Waals surface area (Å²) in [5.41, 5.74) is 0. The minimum absolute atomic E-state index is 0.318. The van der Waals surface area contributed by atoms with Crippen molar-refractivity contribution < 1.29 is 9.90 Å². The molecule has 0 radical (unpaired) electrons. The number of hydrogen-bond acceptors (Lipinski definition) is 3. The van der Waals surface area contributed by atoms with Crippen LogP contribution in [-0.4, -0.2) is 37.3 Å². The van der Waals surface area contributed by atoms with Crippen LogP contribution in [0.15, 0.2) is 0 Å². The second kappa shape index (κ2) is 32.4. The smallest absolute Gasteiger partial charge is 0.303 e. The SMILES string of the molecule is CCCCCCCNCCCCCCCCCCCCCCCCCCCNCCCCCC(=O)O. The van der Waals surface area contributed by atoms with Crippen LogP contribution in [0.25, 0.3) is 0 Å². The third-order valence-corrected chi connectivity index (χ3v) is 7.41. The fourth-order valence-electron chi connectivity index (χ4n) is 4.96. The number of hydrogen-bond donors (Lipinski definition) is 3. The highest BCUT2D eigenvalue weighted by atomic mass is 16.4. The third-order valence-electron chi connectivity index (χ3n) is 7.41. The van der Waals surface area contributed by atoms with Crippen molar-refractivity contribution in [1.82, 2.24) is 10.6 Å². The molecule has 0 aromatic carbocycles. The molecule has 0 fully saturated rings. The van der Waals surface area contributed by atoms with E-state index in [9.17, 15) is 4.79 Å². The molecule has 0 bridgehead atoms. The zero-order chi connectivity index (χ0) is 26.2. The Morgan fingerprint density at radius 3 is 0.944 bits per heavy atom. The normalized spacial score (nSPS) is 11.4. The first-order chi connectivity index (χ1) is 17.8. The second-order valence-corrected chi connectivity index (χ2v) is 11.1. The molecular weight excluding hydrogens is 444 g/mol. The van der Waals surface area contributed by atoms with E-state index in [2.05, 4.69) is 17.6 Å². The summed E-state index contributed by atoms with van der Waals surface area (Å²) in [6.07, 6.45) is 34.3. The van der Waals surface area contributed by atoms with E-state index in [1.54, 1.807) is 0 Å². The van der Waals surface area contributed by atoms with Crippen molar-refractivity contribution in [3.63, 3.8) is 0 Å². The van der Waals surface area contributed by atoms with E-state index in [1.807, 2.05) is 0 Å². The van der Waals surface area contributed by atoms with Crippen LogP contribution in [0.4, 0.5) is 0 Å². The first-order valence-electron chi connectivity index (χ1n) is 16.4. The van der Waals surface area contributed by atoms with E-state index < -0.39 is 5.97 Å². The zero-order valence-corrected chi connectivity index (χ0v) is 24.6. The van der Waals surface area contributed by atoms with Crippen LogP contribution in [0.5, 0.6) is 0 Å². The van der Waals surface area contributed by atoms with Gasteiger partial charge in [0.15, 0.2) is 0 Å². The third kappa shape index (κ3) is 33.4. The van der Waals surface area contributed by atoms with Gasteiger partial charge < -0.3 is 15.7 Å². The van der Waals surface area contributed by atoms with Crippen LogP contribution in [-0.2, 0) is 4.79 Å². The maximum absolute atomic E-state index is 10.4. The van der Waals surface area contributed by atoms with Crippen molar-refractivity contribution >= 4 is 5.97 Å². The molecule has 0 rings (SSSR count). The van der Waals surface area contributed by atoms with Gasteiger partial charge in [0.1, 0.15) is 0 Å². The lowest BCUT2D eigenvalue weighted by atomic mass is 10.0. The van der Waals surface area contributed by atoms with Gasteiger partial charge in [-0.05, 0) is 58.3 Å². The van der Waals surface area contributed by atoms with Gasteiger partial charge in [-0.15, -0.1) is 0 Å². The predicted octanol–water partition coefficient (Wildman–Crippen LogP) is 9.41. The van der Waals surface area contributed by atoms with Crippen LogP contribution in [0.1, 0.15) is 174 Å². The average molecular weight is 511 g/mol. The Labute approximate surface area is 226 Å². The molecule has 0 saturated heterocycles. The largest absolute Gasteiger partial charge is 0.481 e. The Bertz CT molecular complexity index is 417. The van der Waals surface area contributed by atoms with Crippen LogP contribution in [0, 0.1) is 0 Å². The van der Waals surface area contributed by atoms with Gasteiger partial charge in [-0.1, -0.05) is 135 Å². The van der Waals surface area contributed by atoms with Crippen LogP contribution in [0.3, 0.4) is 0 Å². The lowest BCUT2D eigenvalue weighted by molar-refractivity contribution is -0.137. The fraction of sp³-hybridized carbons (Fsp3) is 0.969. The van der Waals surface area contributed by atoms with Crippen molar-refractivity contribution in [2.45, 2.75) is 174 Å². The molecule has 0 aromatic heterocycles. The molecule has 216 valence electrons. The topological polar surface area (TPSA) is 61.4 Å². The fourth-order valence-corrected chi connectivity index (χ4v) is 4.96. The summed E-state index contributed by atoms with van der Waals surface area (Å²) in [5, 5.41) is 15.7. The molecule has 0 unspecified atom stereocenters. The van der Waals surface area contributed by atoms with E-state index in [4.69, 9.17) is 5.11 Å². The number of nitrogens with one attached hydrogen (secondary N) is 2. The number of carbonyl (C=O) groups is 1. The molecule has 36 heavy (non-hydrogen) atoms. The van der Waals surface area contributed by atoms with Gasteiger partial charge in [0.2, 0.25) is 0 Å². The van der Waals surface area contributed by atoms with Gasteiger partial charge in [-0.3, -0.25) is 4.79 Å². The number of unbranched alkanes of at least 4 members (excludes halogenated alkanes) is 22. The summed E-state index contributed by atoms with van der Waals surface area (Å²) >= 11 is 0. The number of carboxylic acids is 1. The Hall–Kier alpha value is -0.610. The maximum Gasteiger partial charge on any atom is 0.303 e. The van der Waals surface area contributed by atoms with Gasteiger partial charge in [-0.2, -0.15) is 0 Å². The molecule has 0 aliphatic carbocycles. The molecule has 3 N–H and O–H groups in total. The Morgan fingerprint density at radius 1 is 0.417 bits per heavy atom. The molecule has 0 aromatic rings. The molecule has 0 heterocycles. The first-order valence-corrected chi connectivity index (χ1v) is 16.4. The van der Waals surface area contributed by atoms with Gasteiger partial charge in [-0.25, -0.2) is 0 Å². The van der Waals surface area contributed by atoms with E-state index in [0.29, 0.717) is 6.42 Å². The van der Waals surface area contributed by atoms with Crippen molar-refractivity contribution in [3.05, 3.63) is 0 Å². The second-order valence-electron chi connectivity index (χ2n) is 11.1. The quantitative estimate of drug-likeness (QED) is 0.0789. The molecule has 0 saturated carbocycles. The molecule has 4 heteroatoms. The number of carboxylic acid groups (broad SMARTS) is 1. The summed E-state index contributed by atoms with van der Waals surface area (Å²) in [4.78, 5) is 10.4. The highest BCUT2D eigenvalue weighted by molar-refractivity contribution is 5.66. The van der Waals surface area contributed by atoms with E-state index in [0.717, 1.165) is 32.4 Å². The Balaban J connectivity index is 3.02. The lowest BCUT2D eigenvalue weighted by Crippen LogP contribution is -2.16. The zero-order valence-electron chi connectivity index (χ0n) is 24.6. The van der Waals surface area contributed by atoms with E-state index in [1.165, 1.54) is 154 Å². The molecule has 0 amide bonds. The van der Waals surface area contributed by atoms with Gasteiger partial charge in [0.05, 0.1) is 0 Å². The average Bonchev–Trinajstić information content (AvgIpc) is 2.87. The summed E-state index contributed by atoms with van der Waals surface area (Å²) in [7, 11) is 0. The highest BCUT2D eigenvalue weighted by Gasteiger charge is 1.97. The maximum atomic E-state index is 10.4. The molecular formula is C32H66N2O2. The number of rotatable bonds is 32. The monoisotopic (exact) mass is 511 g/mol. The van der Waals surface area contributed by atoms with E-state index in [-0.39, 0.29) is 0 Å². The van der Waals surface area contributed by atoms with Crippen molar-refractivity contribution in [2.75, 3.05) is 26.2 Å². The van der Waals surface area contributed by atoms with Crippen molar-refractivity contribution in [3.8, 4) is 0 Å². The van der Waals surface area contributed by atoms with Crippen molar-refractivity contribution in [2.24, 2.45) is 0 Å². The van der Waals surface area contributed by atoms with E-state index >= 15 is 0 Å². The van der Waals surface area contributed by atoms with Crippen molar-refractivity contribution in [1.29, 1.82) is 0 Å². The van der Waals surface area contributed by atoms with Crippen LogP contribution >= 0.6 is 0 Å². The van der Waals surface area contributed by atoms with Gasteiger partial charge >= 0.3 is 5.97 Å². The minimum Gasteiger partial charge on any atom is -0.481 e.